The van der Waals surface area contributed by atoms with Gasteiger partial charge in [0.2, 0.25) is 0 Å². The zero-order valence-electron chi connectivity index (χ0n) is 8.51. The number of aryl methyl sites for hydroxylation is 1. The lowest BCUT2D eigenvalue weighted by Crippen LogP contribution is -1.88. The van der Waals surface area contributed by atoms with Crippen molar-refractivity contribution in [3.63, 3.8) is 0 Å². The van der Waals surface area contributed by atoms with Crippen LogP contribution in [0.1, 0.15) is 20.8 Å². The van der Waals surface area contributed by atoms with Crippen molar-refractivity contribution in [2.75, 3.05) is 0 Å². The van der Waals surface area contributed by atoms with E-state index in [1.165, 1.54) is 10.4 Å². The predicted molar refractivity (Wildman–Crippen MR) is 79.0 cm³/mol. The summed E-state index contributed by atoms with van der Waals surface area (Å²) in [4.78, 5) is 1.45. The van der Waals surface area contributed by atoms with E-state index in [0.29, 0.717) is 0 Å². The largest absolute Gasteiger partial charge is 0.127 e. The molecule has 2 rings (SSSR count). The fourth-order valence-corrected chi connectivity index (χ4v) is 3.78. The predicted octanol–water partition coefficient (Wildman–Crippen LogP) is 5.96. The van der Waals surface area contributed by atoms with E-state index in [4.69, 9.17) is 11.6 Å². The Morgan fingerprint density at radius 3 is 2.62 bits per heavy atom. The summed E-state index contributed by atoms with van der Waals surface area (Å²) < 4.78 is 1.96. The Balaban J connectivity index is 2.35. The SMILES string of the molecule is Cc1cc(C(Br)c2cccc(Br)c2)sc1Cl. The van der Waals surface area contributed by atoms with Crippen LogP contribution in [0.3, 0.4) is 0 Å². The van der Waals surface area contributed by atoms with Crippen LogP contribution in [0, 0.1) is 6.92 Å². The zero-order valence-corrected chi connectivity index (χ0v) is 13.3. The molecule has 0 aliphatic heterocycles. The summed E-state index contributed by atoms with van der Waals surface area (Å²) >= 11 is 14.9. The summed E-state index contributed by atoms with van der Waals surface area (Å²) in [5.41, 5.74) is 2.37. The van der Waals surface area contributed by atoms with Crippen LogP contribution in [0.2, 0.25) is 4.34 Å². The zero-order chi connectivity index (χ0) is 11.7. The molecule has 1 heterocycles. The maximum absolute atomic E-state index is 6.08. The van der Waals surface area contributed by atoms with Gasteiger partial charge in [-0.1, -0.05) is 55.6 Å². The molecule has 0 amide bonds. The molecular formula is C12H9Br2ClS. The van der Waals surface area contributed by atoms with E-state index in [1.54, 1.807) is 11.3 Å². The summed E-state index contributed by atoms with van der Waals surface area (Å²) in [6, 6.07) is 10.4. The lowest BCUT2D eigenvalue weighted by molar-refractivity contribution is 1.22. The number of benzene rings is 1. The Morgan fingerprint density at radius 2 is 2.06 bits per heavy atom. The molecule has 0 saturated carbocycles. The van der Waals surface area contributed by atoms with Crippen molar-refractivity contribution >= 4 is 54.8 Å². The Hall–Kier alpha value is 0.170. The van der Waals surface area contributed by atoms with Crippen LogP contribution < -0.4 is 0 Å². The second-order valence-corrected chi connectivity index (χ2v) is 7.04. The monoisotopic (exact) mass is 378 g/mol. The quantitative estimate of drug-likeness (QED) is 0.564. The third-order valence-corrected chi connectivity index (χ3v) is 5.71. The molecule has 0 aliphatic carbocycles. The van der Waals surface area contributed by atoms with Crippen LogP contribution in [0.5, 0.6) is 0 Å². The van der Waals surface area contributed by atoms with E-state index in [-0.39, 0.29) is 4.83 Å². The van der Waals surface area contributed by atoms with Crippen molar-refractivity contribution in [1.29, 1.82) is 0 Å². The summed E-state index contributed by atoms with van der Waals surface area (Å²) in [5, 5.41) is 0. The summed E-state index contributed by atoms with van der Waals surface area (Å²) in [6.45, 7) is 2.03. The number of rotatable bonds is 2. The van der Waals surface area contributed by atoms with Gasteiger partial charge >= 0.3 is 0 Å². The average Bonchev–Trinajstić information content (AvgIpc) is 2.58. The van der Waals surface area contributed by atoms with Crippen LogP contribution in [-0.2, 0) is 0 Å². The van der Waals surface area contributed by atoms with E-state index >= 15 is 0 Å². The third-order valence-electron chi connectivity index (χ3n) is 2.27. The van der Waals surface area contributed by atoms with Crippen LogP contribution in [-0.4, -0.2) is 0 Å². The van der Waals surface area contributed by atoms with Crippen molar-refractivity contribution in [1.82, 2.24) is 0 Å². The molecule has 0 aliphatic rings. The van der Waals surface area contributed by atoms with E-state index in [2.05, 4.69) is 50.1 Å². The molecule has 1 aromatic heterocycles. The molecule has 0 nitrogen and oxygen atoms in total. The normalized spacial score (nSPS) is 12.8. The number of hydrogen-bond acceptors (Lipinski definition) is 1. The van der Waals surface area contributed by atoms with Gasteiger partial charge in [0.05, 0.1) is 9.16 Å². The number of halogens is 3. The minimum atomic E-state index is 0.209. The second kappa shape index (κ2) is 5.21. The van der Waals surface area contributed by atoms with Gasteiger partial charge in [0.25, 0.3) is 0 Å². The first-order valence-corrected chi connectivity index (χ1v) is 7.63. The van der Waals surface area contributed by atoms with Gasteiger partial charge in [-0.25, -0.2) is 0 Å². The van der Waals surface area contributed by atoms with Crippen LogP contribution in [0.4, 0.5) is 0 Å². The van der Waals surface area contributed by atoms with Gasteiger partial charge in [-0.2, -0.15) is 0 Å². The van der Waals surface area contributed by atoms with E-state index in [1.807, 2.05) is 19.1 Å². The van der Waals surface area contributed by atoms with Crippen molar-refractivity contribution < 1.29 is 0 Å². The second-order valence-electron chi connectivity index (χ2n) is 3.52. The lowest BCUT2D eigenvalue weighted by Gasteiger charge is -2.08. The number of hydrogen-bond donors (Lipinski definition) is 0. The van der Waals surface area contributed by atoms with Crippen LogP contribution in [0.25, 0.3) is 0 Å². The summed E-state index contributed by atoms with van der Waals surface area (Å²) in [6.07, 6.45) is 0. The Labute approximate surface area is 121 Å². The molecule has 0 radical (unpaired) electrons. The lowest BCUT2D eigenvalue weighted by atomic mass is 10.1. The Morgan fingerprint density at radius 1 is 1.31 bits per heavy atom. The molecule has 0 spiro atoms. The highest BCUT2D eigenvalue weighted by molar-refractivity contribution is 9.10. The molecule has 1 atom stereocenters. The highest BCUT2D eigenvalue weighted by atomic mass is 79.9. The van der Waals surface area contributed by atoms with Gasteiger partial charge in [0.1, 0.15) is 0 Å². The first kappa shape index (κ1) is 12.6. The molecule has 2 aromatic rings. The summed E-state index contributed by atoms with van der Waals surface area (Å²) in [7, 11) is 0. The number of alkyl halides is 1. The average molecular weight is 381 g/mol. The number of thiophene rings is 1. The molecule has 1 unspecified atom stereocenters. The molecule has 0 fully saturated rings. The van der Waals surface area contributed by atoms with Gasteiger partial charge < -0.3 is 0 Å². The summed E-state index contributed by atoms with van der Waals surface area (Å²) in [5.74, 6) is 0. The molecule has 0 saturated heterocycles. The topological polar surface area (TPSA) is 0 Å². The fraction of sp³-hybridized carbons (Fsp3) is 0.167. The van der Waals surface area contributed by atoms with Gasteiger partial charge in [-0.05, 0) is 36.2 Å². The first-order chi connectivity index (χ1) is 7.58. The van der Waals surface area contributed by atoms with Crippen LogP contribution in [0.15, 0.2) is 34.8 Å². The standard InChI is InChI=1S/C12H9Br2ClS/c1-7-5-10(16-12(7)15)11(14)8-3-2-4-9(13)6-8/h2-6,11H,1H3. The van der Waals surface area contributed by atoms with Gasteiger partial charge in [0, 0.05) is 9.35 Å². The van der Waals surface area contributed by atoms with E-state index < -0.39 is 0 Å². The molecular weight excluding hydrogens is 371 g/mol. The minimum Gasteiger partial charge on any atom is -0.127 e. The smallest absolute Gasteiger partial charge is 0.0960 e. The maximum Gasteiger partial charge on any atom is 0.0960 e. The fourth-order valence-electron chi connectivity index (χ4n) is 1.44. The molecule has 0 bridgehead atoms. The highest BCUT2D eigenvalue weighted by Gasteiger charge is 2.14. The third kappa shape index (κ3) is 2.70. The van der Waals surface area contributed by atoms with Gasteiger partial charge in [-0.3, -0.25) is 0 Å². The molecule has 16 heavy (non-hydrogen) atoms. The first-order valence-electron chi connectivity index (χ1n) is 4.73. The van der Waals surface area contributed by atoms with Gasteiger partial charge in [-0.15, -0.1) is 11.3 Å². The molecule has 4 heteroatoms. The molecule has 0 N–H and O–H groups in total. The van der Waals surface area contributed by atoms with Gasteiger partial charge in [0.15, 0.2) is 0 Å². The van der Waals surface area contributed by atoms with E-state index in [0.717, 1.165) is 14.4 Å². The van der Waals surface area contributed by atoms with Crippen molar-refractivity contribution in [2.45, 2.75) is 11.8 Å². The Bertz CT molecular complexity index is 488. The van der Waals surface area contributed by atoms with Crippen LogP contribution >= 0.6 is 54.8 Å². The highest BCUT2D eigenvalue weighted by Crippen LogP contribution is 2.39. The van der Waals surface area contributed by atoms with E-state index in [9.17, 15) is 0 Å². The molecule has 84 valence electrons. The Kier molecular flexibility index (Phi) is 4.11. The maximum atomic E-state index is 6.08. The van der Waals surface area contributed by atoms with Crippen molar-refractivity contribution in [2.24, 2.45) is 0 Å². The molecule has 1 aromatic carbocycles. The van der Waals surface area contributed by atoms with Crippen molar-refractivity contribution in [3.8, 4) is 0 Å². The minimum absolute atomic E-state index is 0.209. The van der Waals surface area contributed by atoms with Crippen molar-refractivity contribution in [3.05, 3.63) is 55.1 Å².